The summed E-state index contributed by atoms with van der Waals surface area (Å²) in [5, 5.41) is 2.94. The number of aryl methyl sites for hydroxylation is 1. The Morgan fingerprint density at radius 2 is 1.55 bits per heavy atom. The van der Waals surface area contributed by atoms with Gasteiger partial charge in [-0.3, -0.25) is 4.79 Å². The van der Waals surface area contributed by atoms with E-state index in [1.54, 1.807) is 31.4 Å². The number of methoxy groups -OCH3 is 1. The summed E-state index contributed by atoms with van der Waals surface area (Å²) in [4.78, 5) is 12.4. The molecule has 0 radical (unpaired) electrons. The van der Waals surface area contributed by atoms with Crippen LogP contribution in [0.25, 0.3) is 0 Å². The quantitative estimate of drug-likeness (QED) is 0.586. The summed E-state index contributed by atoms with van der Waals surface area (Å²) in [5.74, 6) is 0.806. The third-order valence-corrected chi connectivity index (χ3v) is 7.23. The normalized spacial score (nSPS) is 14.9. The van der Waals surface area contributed by atoms with Gasteiger partial charge in [-0.15, -0.1) is 0 Å². The molecule has 0 unspecified atom stereocenters. The Bertz CT molecular complexity index is 935. The molecule has 6 nitrogen and oxygen atoms in total. The summed E-state index contributed by atoms with van der Waals surface area (Å²) in [6, 6.07) is 14.7. The van der Waals surface area contributed by atoms with Crippen molar-refractivity contribution in [1.82, 2.24) is 10.0 Å². The fourth-order valence-electron chi connectivity index (χ4n) is 3.83. The molecule has 2 aromatic carbocycles. The molecule has 7 heteroatoms. The zero-order valence-corrected chi connectivity index (χ0v) is 18.9. The van der Waals surface area contributed by atoms with Crippen LogP contribution in [0.4, 0.5) is 0 Å². The lowest BCUT2D eigenvalue weighted by Crippen LogP contribution is -2.36. The Morgan fingerprint density at radius 1 is 0.935 bits per heavy atom. The molecular formula is C24H32N2O4S. The van der Waals surface area contributed by atoms with E-state index in [0.29, 0.717) is 19.4 Å². The second kappa shape index (κ2) is 11.3. The van der Waals surface area contributed by atoms with E-state index < -0.39 is 10.0 Å². The third kappa shape index (κ3) is 7.36. The van der Waals surface area contributed by atoms with Crippen LogP contribution >= 0.6 is 0 Å². The van der Waals surface area contributed by atoms with Gasteiger partial charge in [-0.05, 0) is 61.1 Å². The molecule has 31 heavy (non-hydrogen) atoms. The molecule has 2 N–H and O–H groups in total. The Labute approximate surface area is 185 Å². The van der Waals surface area contributed by atoms with Crippen LogP contribution in [0.15, 0.2) is 53.4 Å². The Balaban J connectivity index is 1.41. The van der Waals surface area contributed by atoms with Gasteiger partial charge in [0.05, 0.1) is 12.0 Å². The maximum atomic E-state index is 12.6. The van der Waals surface area contributed by atoms with Crippen LogP contribution in [0.1, 0.15) is 49.7 Å². The van der Waals surface area contributed by atoms with Crippen molar-refractivity contribution in [3.8, 4) is 5.75 Å². The first-order valence-electron chi connectivity index (χ1n) is 11.0. The van der Waals surface area contributed by atoms with E-state index in [-0.39, 0.29) is 16.8 Å². The van der Waals surface area contributed by atoms with Crippen LogP contribution in [0.2, 0.25) is 0 Å². The van der Waals surface area contributed by atoms with Gasteiger partial charge >= 0.3 is 0 Å². The number of hydrogen-bond acceptors (Lipinski definition) is 4. The minimum absolute atomic E-state index is 0.0100. The van der Waals surface area contributed by atoms with Crippen LogP contribution in [0.5, 0.6) is 5.75 Å². The lowest BCUT2D eigenvalue weighted by molar-refractivity contribution is -0.121. The number of carbonyl (C=O) groups is 1. The molecular weight excluding hydrogens is 412 g/mol. The van der Waals surface area contributed by atoms with Crippen molar-refractivity contribution in [2.75, 3.05) is 13.7 Å². The van der Waals surface area contributed by atoms with Crippen molar-refractivity contribution >= 4 is 15.9 Å². The van der Waals surface area contributed by atoms with Crippen molar-refractivity contribution in [3.05, 3.63) is 59.7 Å². The molecule has 0 atom stereocenters. The number of rotatable bonds is 10. The van der Waals surface area contributed by atoms with E-state index in [0.717, 1.165) is 49.0 Å². The molecule has 1 saturated carbocycles. The smallest absolute Gasteiger partial charge is 0.240 e. The van der Waals surface area contributed by atoms with Crippen LogP contribution in [0.3, 0.4) is 0 Å². The fraction of sp³-hybridized carbons (Fsp3) is 0.458. The highest BCUT2D eigenvalue weighted by molar-refractivity contribution is 7.89. The average Bonchev–Trinajstić information content (AvgIpc) is 2.79. The van der Waals surface area contributed by atoms with Gasteiger partial charge in [0.2, 0.25) is 15.9 Å². The van der Waals surface area contributed by atoms with Gasteiger partial charge in [0, 0.05) is 19.0 Å². The average molecular weight is 445 g/mol. The van der Waals surface area contributed by atoms with Crippen molar-refractivity contribution in [1.29, 1.82) is 0 Å². The second-order valence-electron chi connectivity index (χ2n) is 8.05. The molecule has 0 heterocycles. The Hall–Kier alpha value is -2.38. The molecule has 1 amide bonds. The van der Waals surface area contributed by atoms with E-state index in [9.17, 15) is 13.2 Å². The van der Waals surface area contributed by atoms with Crippen LogP contribution < -0.4 is 14.8 Å². The van der Waals surface area contributed by atoms with Gasteiger partial charge in [-0.2, -0.15) is 0 Å². The molecule has 168 valence electrons. The third-order valence-electron chi connectivity index (χ3n) is 5.70. The monoisotopic (exact) mass is 444 g/mol. The maximum Gasteiger partial charge on any atom is 0.240 e. The zero-order valence-electron chi connectivity index (χ0n) is 18.1. The first kappa shape index (κ1) is 23.3. The molecule has 1 aliphatic rings. The van der Waals surface area contributed by atoms with E-state index in [1.165, 1.54) is 6.42 Å². The fourth-order valence-corrected chi connectivity index (χ4v) is 5.13. The van der Waals surface area contributed by atoms with Gasteiger partial charge in [0.15, 0.2) is 0 Å². The molecule has 0 aliphatic heterocycles. The molecule has 1 fully saturated rings. The Kier molecular flexibility index (Phi) is 8.49. The topological polar surface area (TPSA) is 84.5 Å². The highest BCUT2D eigenvalue weighted by atomic mass is 32.2. The lowest BCUT2D eigenvalue weighted by atomic mass is 9.96. The zero-order chi connectivity index (χ0) is 22.1. The summed E-state index contributed by atoms with van der Waals surface area (Å²) in [5.41, 5.74) is 2.08. The minimum atomic E-state index is -3.49. The first-order chi connectivity index (χ1) is 15.0. The molecule has 0 aromatic heterocycles. The number of hydrogen-bond donors (Lipinski definition) is 2. The summed E-state index contributed by atoms with van der Waals surface area (Å²) in [6.07, 6.45) is 6.86. The van der Waals surface area contributed by atoms with Gasteiger partial charge in [0.25, 0.3) is 0 Å². The lowest BCUT2D eigenvalue weighted by Gasteiger charge is -2.22. The van der Waals surface area contributed by atoms with Gasteiger partial charge in [-0.25, -0.2) is 13.1 Å². The van der Waals surface area contributed by atoms with Crippen molar-refractivity contribution < 1.29 is 17.9 Å². The summed E-state index contributed by atoms with van der Waals surface area (Å²) in [7, 11) is -1.85. The van der Waals surface area contributed by atoms with Gasteiger partial charge < -0.3 is 10.1 Å². The number of sulfonamides is 1. The van der Waals surface area contributed by atoms with E-state index in [2.05, 4.69) is 10.0 Å². The maximum absolute atomic E-state index is 12.6. The van der Waals surface area contributed by atoms with Crippen LogP contribution in [0, 0.1) is 0 Å². The molecule has 2 aromatic rings. The number of carbonyl (C=O) groups excluding carboxylic acids is 1. The number of amides is 1. The summed E-state index contributed by atoms with van der Waals surface area (Å²) >= 11 is 0. The van der Waals surface area contributed by atoms with E-state index in [1.807, 2.05) is 24.3 Å². The standard InChI is InChI=1S/C24H32N2O4S/c1-30-22-12-7-20(8-13-22)17-18-25-24(27)16-11-19-9-14-23(15-10-19)31(28,29)26-21-5-3-2-4-6-21/h7-10,12-15,21,26H,2-6,11,16-18H2,1H3,(H,25,27). The number of benzene rings is 2. The molecule has 1 aliphatic carbocycles. The van der Waals surface area contributed by atoms with Crippen LogP contribution in [-0.4, -0.2) is 34.0 Å². The minimum Gasteiger partial charge on any atom is -0.497 e. The Morgan fingerprint density at radius 3 is 2.19 bits per heavy atom. The highest BCUT2D eigenvalue weighted by Gasteiger charge is 2.21. The first-order valence-corrected chi connectivity index (χ1v) is 12.5. The van der Waals surface area contributed by atoms with Crippen molar-refractivity contribution in [3.63, 3.8) is 0 Å². The largest absolute Gasteiger partial charge is 0.497 e. The SMILES string of the molecule is COc1ccc(CCNC(=O)CCc2ccc(S(=O)(=O)NC3CCCCC3)cc2)cc1. The van der Waals surface area contributed by atoms with Gasteiger partial charge in [0.1, 0.15) is 5.75 Å². The second-order valence-corrected chi connectivity index (χ2v) is 9.76. The number of ether oxygens (including phenoxy) is 1. The van der Waals surface area contributed by atoms with Crippen LogP contribution in [-0.2, 0) is 27.7 Å². The predicted molar refractivity (Wildman–Crippen MR) is 122 cm³/mol. The van der Waals surface area contributed by atoms with Crippen molar-refractivity contribution in [2.24, 2.45) is 0 Å². The predicted octanol–water partition coefficient (Wildman–Crippen LogP) is 3.60. The molecule has 0 saturated heterocycles. The molecule has 0 spiro atoms. The summed E-state index contributed by atoms with van der Waals surface area (Å²) in [6.45, 7) is 0.579. The van der Waals surface area contributed by atoms with E-state index >= 15 is 0 Å². The highest BCUT2D eigenvalue weighted by Crippen LogP contribution is 2.20. The molecule has 0 bridgehead atoms. The molecule has 3 rings (SSSR count). The number of nitrogens with one attached hydrogen (secondary N) is 2. The summed E-state index contributed by atoms with van der Waals surface area (Å²) < 4.78 is 33.1. The van der Waals surface area contributed by atoms with Crippen molar-refractivity contribution in [2.45, 2.75) is 62.3 Å². The van der Waals surface area contributed by atoms with Gasteiger partial charge in [-0.1, -0.05) is 43.5 Å². The van der Waals surface area contributed by atoms with E-state index in [4.69, 9.17) is 4.74 Å².